The van der Waals surface area contributed by atoms with Crippen LogP contribution in [0.25, 0.3) is 0 Å². The van der Waals surface area contributed by atoms with Gasteiger partial charge in [0.15, 0.2) is 0 Å². The second kappa shape index (κ2) is 6.50. The van der Waals surface area contributed by atoms with Gasteiger partial charge >= 0.3 is 6.03 Å². The van der Waals surface area contributed by atoms with Crippen molar-refractivity contribution in [2.45, 2.75) is 38.3 Å². The molecule has 0 bridgehead atoms. The van der Waals surface area contributed by atoms with Crippen LogP contribution in [-0.2, 0) is 15.1 Å². The van der Waals surface area contributed by atoms with E-state index in [1.54, 1.807) is 19.1 Å². The van der Waals surface area contributed by atoms with Crippen molar-refractivity contribution in [3.63, 3.8) is 0 Å². The number of nitrogens with one attached hydrogen (secondary N) is 2. The van der Waals surface area contributed by atoms with E-state index in [0.717, 1.165) is 17.7 Å². The monoisotopic (exact) mass is 383 g/mol. The van der Waals surface area contributed by atoms with Gasteiger partial charge in [0.25, 0.3) is 5.91 Å². The lowest BCUT2D eigenvalue weighted by atomic mass is 9.92. The van der Waals surface area contributed by atoms with Crippen LogP contribution in [0.15, 0.2) is 18.2 Å². The average Bonchev–Trinajstić information content (AvgIpc) is 3.33. The molecule has 2 atom stereocenters. The lowest BCUT2D eigenvalue weighted by molar-refractivity contribution is -0.135. The fourth-order valence-corrected chi connectivity index (χ4v) is 3.67. The molecule has 0 aromatic heterocycles. The molecule has 1 aliphatic carbocycles. The van der Waals surface area contributed by atoms with Crippen molar-refractivity contribution in [1.82, 2.24) is 15.5 Å². The van der Waals surface area contributed by atoms with Gasteiger partial charge in [0, 0.05) is 21.7 Å². The van der Waals surface area contributed by atoms with Gasteiger partial charge in [-0.3, -0.25) is 14.5 Å². The molecule has 8 heteroatoms. The van der Waals surface area contributed by atoms with Crippen LogP contribution in [-0.4, -0.2) is 35.3 Å². The summed E-state index contributed by atoms with van der Waals surface area (Å²) in [5, 5.41) is 6.18. The van der Waals surface area contributed by atoms with Crippen molar-refractivity contribution >= 4 is 41.0 Å². The number of carbonyl (C=O) groups is 3. The third kappa shape index (κ3) is 3.46. The number of hydrogen-bond acceptors (Lipinski definition) is 3. The fraction of sp³-hybridized carbons (Fsp3) is 0.471. The molecule has 0 unspecified atom stereocenters. The molecular formula is C17H19Cl2N3O3. The van der Waals surface area contributed by atoms with Gasteiger partial charge in [0.05, 0.1) is 0 Å². The van der Waals surface area contributed by atoms with Crippen molar-refractivity contribution < 1.29 is 14.4 Å². The molecule has 1 aliphatic heterocycles. The Morgan fingerprint density at radius 1 is 1.40 bits per heavy atom. The number of urea groups is 1. The highest BCUT2D eigenvalue weighted by molar-refractivity contribution is 6.35. The molecule has 1 aromatic rings. The Labute approximate surface area is 155 Å². The summed E-state index contributed by atoms with van der Waals surface area (Å²) in [5.74, 6) is -0.379. The number of imide groups is 1. The van der Waals surface area contributed by atoms with E-state index in [0.29, 0.717) is 16.5 Å². The zero-order valence-electron chi connectivity index (χ0n) is 13.9. The molecule has 1 aromatic carbocycles. The fourth-order valence-electron chi connectivity index (χ4n) is 3.08. The van der Waals surface area contributed by atoms with Gasteiger partial charge in [0.2, 0.25) is 5.91 Å². The molecule has 134 valence electrons. The van der Waals surface area contributed by atoms with Gasteiger partial charge in [-0.2, -0.15) is 0 Å². The Balaban J connectivity index is 1.76. The Morgan fingerprint density at radius 2 is 2.08 bits per heavy atom. The maximum absolute atomic E-state index is 12.8. The Bertz CT molecular complexity index is 751. The van der Waals surface area contributed by atoms with Crippen molar-refractivity contribution in [3.05, 3.63) is 33.8 Å². The van der Waals surface area contributed by atoms with E-state index in [-0.39, 0.29) is 23.5 Å². The van der Waals surface area contributed by atoms with Gasteiger partial charge in [0.1, 0.15) is 12.1 Å². The molecule has 2 N–H and O–H groups in total. The molecule has 4 amide bonds. The van der Waals surface area contributed by atoms with E-state index in [9.17, 15) is 14.4 Å². The number of rotatable bonds is 5. The summed E-state index contributed by atoms with van der Waals surface area (Å²) in [6.07, 6.45) is 2.19. The van der Waals surface area contributed by atoms with Gasteiger partial charge in [-0.1, -0.05) is 29.3 Å². The van der Waals surface area contributed by atoms with Crippen molar-refractivity contribution in [2.24, 2.45) is 5.92 Å². The van der Waals surface area contributed by atoms with E-state index in [4.69, 9.17) is 23.2 Å². The number of amides is 4. The van der Waals surface area contributed by atoms with Crippen LogP contribution in [0.1, 0.15) is 32.3 Å². The van der Waals surface area contributed by atoms with Crippen molar-refractivity contribution in [3.8, 4) is 0 Å². The summed E-state index contributed by atoms with van der Waals surface area (Å²) in [6.45, 7) is 3.18. The minimum atomic E-state index is -1.33. The van der Waals surface area contributed by atoms with Gasteiger partial charge < -0.3 is 10.6 Å². The maximum Gasteiger partial charge on any atom is 0.325 e. The number of carbonyl (C=O) groups excluding carboxylic acids is 3. The third-order valence-corrected chi connectivity index (χ3v) is 5.31. The summed E-state index contributed by atoms with van der Waals surface area (Å²) in [5.41, 5.74) is -0.896. The van der Waals surface area contributed by atoms with E-state index < -0.39 is 17.5 Å². The Kier molecular flexibility index (Phi) is 4.68. The second-order valence-electron chi connectivity index (χ2n) is 6.76. The quantitative estimate of drug-likeness (QED) is 0.767. The number of nitrogens with zero attached hydrogens (tertiary/aromatic N) is 1. The highest BCUT2D eigenvalue weighted by Gasteiger charge is 2.50. The molecule has 6 nitrogen and oxygen atoms in total. The summed E-state index contributed by atoms with van der Waals surface area (Å²) < 4.78 is 0. The molecule has 2 aliphatic rings. The number of hydrogen-bond donors (Lipinski definition) is 2. The highest BCUT2D eigenvalue weighted by atomic mass is 35.5. The third-order valence-electron chi connectivity index (χ3n) is 4.76. The molecule has 1 saturated heterocycles. The van der Waals surface area contributed by atoms with Crippen molar-refractivity contribution in [2.75, 3.05) is 6.54 Å². The van der Waals surface area contributed by atoms with Crippen LogP contribution in [0, 0.1) is 5.92 Å². The van der Waals surface area contributed by atoms with Crippen LogP contribution in [0.2, 0.25) is 10.0 Å². The summed E-state index contributed by atoms with van der Waals surface area (Å²) in [7, 11) is 0. The summed E-state index contributed by atoms with van der Waals surface area (Å²) in [4.78, 5) is 38.2. The standard InChI is InChI=1S/C17H19Cl2N3O3/c1-9(10-3-4-10)20-14(23)8-22-15(24)17(2,21-16(22)25)12-6-5-11(18)7-13(12)19/h5-7,9-10H,3-4,8H2,1-2H3,(H,20,23)(H,21,25)/t9-,17-/m1/s1. The Hall–Kier alpha value is -1.79. The van der Waals surface area contributed by atoms with Crippen LogP contribution in [0.5, 0.6) is 0 Å². The molecular weight excluding hydrogens is 365 g/mol. The first-order valence-electron chi connectivity index (χ1n) is 8.11. The van der Waals surface area contributed by atoms with E-state index in [2.05, 4.69) is 10.6 Å². The summed E-state index contributed by atoms with van der Waals surface area (Å²) in [6, 6.07) is 4.13. The molecule has 3 rings (SSSR count). The number of benzene rings is 1. The topological polar surface area (TPSA) is 78.5 Å². The zero-order chi connectivity index (χ0) is 18.4. The van der Waals surface area contributed by atoms with E-state index in [1.807, 2.05) is 6.92 Å². The summed E-state index contributed by atoms with van der Waals surface area (Å²) >= 11 is 12.1. The molecule has 25 heavy (non-hydrogen) atoms. The van der Waals surface area contributed by atoms with Crippen LogP contribution < -0.4 is 10.6 Å². The van der Waals surface area contributed by atoms with Crippen LogP contribution in [0.4, 0.5) is 4.79 Å². The second-order valence-corrected chi connectivity index (χ2v) is 7.61. The minimum Gasteiger partial charge on any atom is -0.352 e. The van der Waals surface area contributed by atoms with Gasteiger partial charge in [-0.05, 0) is 44.7 Å². The average molecular weight is 384 g/mol. The molecule has 1 heterocycles. The van der Waals surface area contributed by atoms with E-state index >= 15 is 0 Å². The first-order chi connectivity index (χ1) is 11.7. The normalized spacial score (nSPS) is 24.2. The largest absolute Gasteiger partial charge is 0.352 e. The lowest BCUT2D eigenvalue weighted by Crippen LogP contribution is -2.45. The first-order valence-corrected chi connectivity index (χ1v) is 8.87. The minimum absolute atomic E-state index is 0.0466. The van der Waals surface area contributed by atoms with Crippen molar-refractivity contribution in [1.29, 1.82) is 0 Å². The Morgan fingerprint density at radius 3 is 2.68 bits per heavy atom. The smallest absolute Gasteiger partial charge is 0.325 e. The molecule has 0 spiro atoms. The van der Waals surface area contributed by atoms with Gasteiger partial charge in [-0.15, -0.1) is 0 Å². The van der Waals surface area contributed by atoms with Crippen LogP contribution >= 0.6 is 23.2 Å². The van der Waals surface area contributed by atoms with E-state index in [1.165, 1.54) is 6.07 Å². The maximum atomic E-state index is 12.8. The number of halogens is 2. The zero-order valence-corrected chi connectivity index (χ0v) is 15.4. The SMILES string of the molecule is C[C@@H](NC(=O)CN1C(=O)N[C@](C)(c2ccc(Cl)cc2Cl)C1=O)C1CC1. The molecule has 0 radical (unpaired) electrons. The predicted molar refractivity (Wildman–Crippen MR) is 94.4 cm³/mol. The highest BCUT2D eigenvalue weighted by Crippen LogP contribution is 2.35. The predicted octanol–water partition coefficient (Wildman–Crippen LogP) is 2.68. The molecule has 2 fully saturated rings. The van der Waals surface area contributed by atoms with Gasteiger partial charge in [-0.25, -0.2) is 4.79 Å². The first kappa shape index (κ1) is 18.0. The molecule has 1 saturated carbocycles. The lowest BCUT2D eigenvalue weighted by Gasteiger charge is -2.23. The van der Waals surface area contributed by atoms with Crippen LogP contribution in [0.3, 0.4) is 0 Å².